The maximum absolute atomic E-state index is 5.51. The molecule has 2 aromatic rings. The van der Waals surface area contributed by atoms with Crippen LogP contribution in [0.3, 0.4) is 0 Å². The van der Waals surface area contributed by atoms with Crippen molar-refractivity contribution in [3.8, 4) is 16.9 Å². The second kappa shape index (κ2) is 6.10. The molecule has 0 aromatic heterocycles. The summed E-state index contributed by atoms with van der Waals surface area (Å²) in [7, 11) is 1.74. The highest BCUT2D eigenvalue weighted by atomic mass is 16.5. The zero-order valence-corrected chi connectivity index (χ0v) is 12.0. The molecule has 1 heterocycles. The second-order valence-electron chi connectivity index (χ2n) is 5.34. The van der Waals surface area contributed by atoms with Gasteiger partial charge in [0.05, 0.1) is 7.11 Å². The van der Waals surface area contributed by atoms with Gasteiger partial charge in [-0.25, -0.2) is 0 Å². The van der Waals surface area contributed by atoms with Crippen LogP contribution in [0, 0.1) is 0 Å². The number of nitrogens with zero attached hydrogens (tertiary/aromatic N) is 1. The Morgan fingerprint density at radius 3 is 2.30 bits per heavy atom. The molecule has 0 radical (unpaired) electrons. The third-order valence-electron chi connectivity index (χ3n) is 4.01. The van der Waals surface area contributed by atoms with E-state index < -0.39 is 0 Å². The van der Waals surface area contributed by atoms with E-state index in [9.17, 15) is 0 Å². The van der Waals surface area contributed by atoms with Crippen LogP contribution in [0.15, 0.2) is 48.5 Å². The van der Waals surface area contributed by atoms with Crippen molar-refractivity contribution in [2.45, 2.75) is 19.4 Å². The minimum atomic E-state index is 0.946. The molecule has 0 bridgehead atoms. The van der Waals surface area contributed by atoms with Crippen molar-refractivity contribution in [1.29, 1.82) is 0 Å². The molecule has 0 amide bonds. The van der Waals surface area contributed by atoms with Crippen LogP contribution >= 0.6 is 0 Å². The lowest BCUT2D eigenvalue weighted by molar-refractivity contribution is 0.332. The summed E-state index contributed by atoms with van der Waals surface area (Å²) in [4.78, 5) is 2.54. The molecule has 0 unspecified atom stereocenters. The molecule has 1 fully saturated rings. The summed E-state index contributed by atoms with van der Waals surface area (Å²) < 4.78 is 5.51. The van der Waals surface area contributed by atoms with Crippen LogP contribution in [-0.4, -0.2) is 25.1 Å². The Balaban J connectivity index is 1.96. The third-order valence-corrected chi connectivity index (χ3v) is 4.01. The van der Waals surface area contributed by atoms with Crippen LogP contribution in [0.25, 0.3) is 11.1 Å². The first-order valence-corrected chi connectivity index (χ1v) is 7.32. The molecule has 2 heteroatoms. The van der Waals surface area contributed by atoms with Crippen molar-refractivity contribution in [2.75, 3.05) is 20.2 Å². The minimum Gasteiger partial charge on any atom is -0.496 e. The number of methoxy groups -OCH3 is 1. The highest BCUT2D eigenvalue weighted by Gasteiger charge is 2.15. The fraction of sp³-hybridized carbons (Fsp3) is 0.333. The van der Waals surface area contributed by atoms with E-state index in [-0.39, 0.29) is 0 Å². The van der Waals surface area contributed by atoms with Crippen LogP contribution in [0.4, 0.5) is 0 Å². The summed E-state index contributed by atoms with van der Waals surface area (Å²) in [5.74, 6) is 0.946. The van der Waals surface area contributed by atoms with E-state index in [4.69, 9.17) is 4.74 Å². The topological polar surface area (TPSA) is 12.5 Å². The molecule has 1 saturated heterocycles. The van der Waals surface area contributed by atoms with Crippen molar-refractivity contribution in [1.82, 2.24) is 4.90 Å². The van der Waals surface area contributed by atoms with Crippen molar-refractivity contribution in [3.05, 3.63) is 54.1 Å². The molecule has 1 aliphatic heterocycles. The van der Waals surface area contributed by atoms with Gasteiger partial charge in [0.25, 0.3) is 0 Å². The first-order valence-electron chi connectivity index (χ1n) is 7.32. The predicted octanol–water partition coefficient (Wildman–Crippen LogP) is 3.96. The zero-order valence-electron chi connectivity index (χ0n) is 12.0. The second-order valence-corrected chi connectivity index (χ2v) is 5.34. The van der Waals surface area contributed by atoms with Crippen LogP contribution in [0.5, 0.6) is 5.75 Å². The van der Waals surface area contributed by atoms with E-state index >= 15 is 0 Å². The van der Waals surface area contributed by atoms with Gasteiger partial charge < -0.3 is 4.74 Å². The van der Waals surface area contributed by atoms with E-state index in [1.807, 2.05) is 12.1 Å². The van der Waals surface area contributed by atoms with Gasteiger partial charge >= 0.3 is 0 Å². The van der Waals surface area contributed by atoms with Gasteiger partial charge in [0.2, 0.25) is 0 Å². The lowest BCUT2D eigenvalue weighted by Gasteiger charge is -2.18. The quantitative estimate of drug-likeness (QED) is 0.831. The van der Waals surface area contributed by atoms with E-state index in [2.05, 4.69) is 41.3 Å². The summed E-state index contributed by atoms with van der Waals surface area (Å²) in [5, 5.41) is 0. The average Bonchev–Trinajstić information content (AvgIpc) is 3.01. The fourth-order valence-corrected chi connectivity index (χ4v) is 2.97. The lowest BCUT2D eigenvalue weighted by Crippen LogP contribution is -2.18. The molecule has 104 valence electrons. The molecular formula is C18H21NO. The van der Waals surface area contributed by atoms with Crippen LogP contribution < -0.4 is 4.74 Å². The van der Waals surface area contributed by atoms with Crippen LogP contribution in [-0.2, 0) is 6.54 Å². The summed E-state index contributed by atoms with van der Waals surface area (Å²) in [6.07, 6.45) is 2.66. The Morgan fingerprint density at radius 1 is 0.900 bits per heavy atom. The van der Waals surface area contributed by atoms with Gasteiger partial charge in [0.15, 0.2) is 0 Å². The molecule has 20 heavy (non-hydrogen) atoms. The molecule has 0 spiro atoms. The van der Waals surface area contributed by atoms with Crippen molar-refractivity contribution in [3.63, 3.8) is 0 Å². The van der Waals surface area contributed by atoms with Crippen LogP contribution in [0.1, 0.15) is 18.4 Å². The largest absolute Gasteiger partial charge is 0.496 e. The Bertz CT molecular complexity index is 573. The molecule has 0 saturated carbocycles. The average molecular weight is 267 g/mol. The Kier molecular flexibility index (Phi) is 4.03. The van der Waals surface area contributed by atoms with Gasteiger partial charge in [0, 0.05) is 12.1 Å². The van der Waals surface area contributed by atoms with Crippen molar-refractivity contribution < 1.29 is 4.74 Å². The summed E-state index contributed by atoms with van der Waals surface area (Å²) >= 11 is 0. The van der Waals surface area contributed by atoms with E-state index in [0.717, 1.165) is 12.3 Å². The van der Waals surface area contributed by atoms with Gasteiger partial charge in [0.1, 0.15) is 5.75 Å². The SMILES string of the molecule is COc1ccccc1-c1ccccc1CN1CCCC1. The number of hydrogen-bond acceptors (Lipinski definition) is 2. The van der Waals surface area contributed by atoms with Crippen molar-refractivity contribution in [2.24, 2.45) is 0 Å². The molecule has 0 aliphatic carbocycles. The predicted molar refractivity (Wildman–Crippen MR) is 82.9 cm³/mol. The van der Waals surface area contributed by atoms with Gasteiger partial charge in [-0.15, -0.1) is 0 Å². The number of hydrogen-bond donors (Lipinski definition) is 0. The van der Waals surface area contributed by atoms with E-state index in [0.29, 0.717) is 0 Å². The van der Waals surface area contributed by atoms with Gasteiger partial charge in [-0.05, 0) is 43.1 Å². The monoisotopic (exact) mass is 267 g/mol. The van der Waals surface area contributed by atoms with Gasteiger partial charge in [-0.3, -0.25) is 4.90 Å². The van der Waals surface area contributed by atoms with Crippen molar-refractivity contribution >= 4 is 0 Å². The Labute approximate surface area is 121 Å². The zero-order chi connectivity index (χ0) is 13.8. The molecular weight excluding hydrogens is 246 g/mol. The maximum Gasteiger partial charge on any atom is 0.126 e. The fourth-order valence-electron chi connectivity index (χ4n) is 2.97. The Morgan fingerprint density at radius 2 is 1.55 bits per heavy atom. The number of ether oxygens (including phenoxy) is 1. The molecule has 1 aliphatic rings. The molecule has 0 N–H and O–H groups in total. The molecule has 3 rings (SSSR count). The highest BCUT2D eigenvalue weighted by molar-refractivity contribution is 5.73. The van der Waals surface area contributed by atoms with Gasteiger partial charge in [-0.2, -0.15) is 0 Å². The maximum atomic E-state index is 5.51. The third kappa shape index (κ3) is 2.70. The summed E-state index contributed by atoms with van der Waals surface area (Å²) in [6.45, 7) is 3.48. The highest BCUT2D eigenvalue weighted by Crippen LogP contribution is 2.32. The number of likely N-dealkylation sites (tertiary alicyclic amines) is 1. The number of para-hydroxylation sites is 1. The number of rotatable bonds is 4. The number of benzene rings is 2. The first-order chi connectivity index (χ1) is 9.88. The van der Waals surface area contributed by atoms with Gasteiger partial charge in [-0.1, -0.05) is 42.5 Å². The lowest BCUT2D eigenvalue weighted by atomic mass is 9.98. The molecule has 2 aromatic carbocycles. The smallest absolute Gasteiger partial charge is 0.126 e. The summed E-state index contributed by atoms with van der Waals surface area (Å²) in [6, 6.07) is 16.9. The summed E-state index contributed by atoms with van der Waals surface area (Å²) in [5.41, 5.74) is 3.86. The van der Waals surface area contributed by atoms with E-state index in [1.54, 1.807) is 7.11 Å². The normalized spacial score (nSPS) is 15.4. The molecule has 2 nitrogen and oxygen atoms in total. The van der Waals surface area contributed by atoms with E-state index in [1.165, 1.54) is 42.6 Å². The standard InChI is InChI=1S/C18H21NO/c1-20-18-11-5-4-10-17(18)16-9-3-2-8-15(16)14-19-12-6-7-13-19/h2-5,8-11H,6-7,12-14H2,1H3. The van der Waals surface area contributed by atoms with Crippen LogP contribution in [0.2, 0.25) is 0 Å². The molecule has 0 atom stereocenters. The Hall–Kier alpha value is -1.80. The minimum absolute atomic E-state index is 0.946. The first kappa shape index (κ1) is 13.2.